The van der Waals surface area contributed by atoms with Gasteiger partial charge in [-0.2, -0.15) is 4.31 Å². The van der Waals surface area contributed by atoms with Crippen molar-refractivity contribution in [1.82, 2.24) is 24.2 Å². The van der Waals surface area contributed by atoms with Gasteiger partial charge in [-0.05, 0) is 36.6 Å². The van der Waals surface area contributed by atoms with Crippen molar-refractivity contribution in [2.45, 2.75) is 24.2 Å². The number of hydrogen-bond donors (Lipinski definition) is 2. The molecule has 1 amide bonds. The van der Waals surface area contributed by atoms with Gasteiger partial charge in [0.1, 0.15) is 10.5 Å². The molecule has 1 fully saturated rings. The summed E-state index contributed by atoms with van der Waals surface area (Å²) >= 11 is 0. The lowest BCUT2D eigenvalue weighted by Crippen LogP contribution is -2.50. The van der Waals surface area contributed by atoms with Gasteiger partial charge in [0.25, 0.3) is 0 Å². The minimum Gasteiger partial charge on any atom is -0.361 e. The van der Waals surface area contributed by atoms with Crippen molar-refractivity contribution < 1.29 is 13.2 Å². The summed E-state index contributed by atoms with van der Waals surface area (Å²) in [6, 6.07) is 11.6. The Morgan fingerprint density at radius 3 is 2.59 bits per heavy atom. The molecule has 0 radical (unpaired) electrons. The summed E-state index contributed by atoms with van der Waals surface area (Å²) in [6.07, 6.45) is 7.19. The molecule has 0 saturated carbocycles. The zero-order valence-electron chi connectivity index (χ0n) is 17.6. The molecule has 1 saturated heterocycles. The van der Waals surface area contributed by atoms with Crippen molar-refractivity contribution in [2.24, 2.45) is 0 Å². The molecule has 0 aliphatic carbocycles. The first kappa shape index (κ1) is 20.7. The molecule has 0 spiro atoms. The highest BCUT2D eigenvalue weighted by Gasteiger charge is 2.31. The minimum absolute atomic E-state index is 0.0817. The lowest BCUT2D eigenvalue weighted by atomic mass is 10.1. The van der Waals surface area contributed by atoms with E-state index in [0.29, 0.717) is 43.6 Å². The van der Waals surface area contributed by atoms with Gasteiger partial charge >= 0.3 is 0 Å². The third-order valence-corrected chi connectivity index (χ3v) is 8.07. The van der Waals surface area contributed by atoms with E-state index in [1.165, 1.54) is 21.5 Å². The summed E-state index contributed by atoms with van der Waals surface area (Å²) in [5.41, 5.74) is 2.88. The fourth-order valence-corrected chi connectivity index (χ4v) is 5.96. The van der Waals surface area contributed by atoms with E-state index < -0.39 is 10.0 Å². The Balaban J connectivity index is 1.17. The van der Waals surface area contributed by atoms with Crippen LogP contribution in [0.5, 0.6) is 0 Å². The molecule has 0 bridgehead atoms. The summed E-state index contributed by atoms with van der Waals surface area (Å²) in [6.45, 7) is 1.41. The van der Waals surface area contributed by atoms with Crippen molar-refractivity contribution in [3.05, 3.63) is 60.6 Å². The molecule has 0 atom stereocenters. The fourth-order valence-electron chi connectivity index (χ4n) is 4.39. The first-order chi connectivity index (χ1) is 15.5. The van der Waals surface area contributed by atoms with Gasteiger partial charge in [0.15, 0.2) is 0 Å². The monoisotopic (exact) mass is 451 g/mol. The van der Waals surface area contributed by atoms with Crippen LogP contribution in [0.2, 0.25) is 0 Å². The van der Waals surface area contributed by atoms with E-state index in [1.807, 2.05) is 24.4 Å². The van der Waals surface area contributed by atoms with Crippen LogP contribution in [0.1, 0.15) is 18.4 Å². The topological polar surface area (TPSA) is 102 Å². The van der Waals surface area contributed by atoms with Crippen LogP contribution in [0, 0.1) is 0 Å². The number of rotatable bonds is 6. The molecule has 0 unspecified atom stereocenters. The normalized spacial score (nSPS) is 15.6. The Morgan fingerprint density at radius 2 is 1.75 bits per heavy atom. The fraction of sp³-hybridized carbons (Fsp3) is 0.304. The number of nitrogens with one attached hydrogen (secondary N) is 2. The number of carbonyl (C=O) groups is 1. The molecular formula is C23H25N5O3S. The van der Waals surface area contributed by atoms with Crippen LogP contribution in [0.3, 0.4) is 0 Å². The lowest BCUT2D eigenvalue weighted by Gasteiger charge is -2.34. The van der Waals surface area contributed by atoms with E-state index >= 15 is 0 Å². The number of aryl methyl sites for hydroxylation is 1. The maximum absolute atomic E-state index is 13.1. The highest BCUT2D eigenvalue weighted by Crippen LogP contribution is 2.25. The minimum atomic E-state index is -3.64. The summed E-state index contributed by atoms with van der Waals surface area (Å²) in [5, 5.41) is 1.79. The predicted molar refractivity (Wildman–Crippen MR) is 123 cm³/mol. The zero-order valence-corrected chi connectivity index (χ0v) is 18.4. The highest BCUT2D eigenvalue weighted by molar-refractivity contribution is 7.89. The summed E-state index contributed by atoms with van der Waals surface area (Å²) < 4.78 is 27.7. The van der Waals surface area contributed by atoms with Crippen LogP contribution < -0.4 is 0 Å². The predicted octanol–water partition coefficient (Wildman–Crippen LogP) is 2.90. The average molecular weight is 452 g/mol. The molecule has 4 heterocycles. The van der Waals surface area contributed by atoms with E-state index in [9.17, 15) is 13.2 Å². The molecule has 4 aromatic rings. The average Bonchev–Trinajstić information content (AvgIpc) is 3.44. The second kappa shape index (κ2) is 8.40. The molecule has 32 heavy (non-hydrogen) atoms. The van der Waals surface area contributed by atoms with E-state index in [4.69, 9.17) is 0 Å². The number of piperazine rings is 1. The Labute approximate surface area is 186 Å². The third kappa shape index (κ3) is 3.78. The lowest BCUT2D eigenvalue weighted by molar-refractivity contribution is -0.132. The summed E-state index contributed by atoms with van der Waals surface area (Å²) in [4.78, 5) is 25.1. The van der Waals surface area contributed by atoms with Crippen LogP contribution in [0.25, 0.3) is 21.9 Å². The van der Waals surface area contributed by atoms with Crippen LogP contribution >= 0.6 is 0 Å². The number of pyridine rings is 1. The van der Waals surface area contributed by atoms with E-state index in [-0.39, 0.29) is 10.8 Å². The molecule has 1 aliphatic rings. The second-order valence-corrected chi connectivity index (χ2v) is 9.96. The zero-order chi connectivity index (χ0) is 22.1. The Kier molecular flexibility index (Phi) is 5.44. The molecule has 9 heteroatoms. The van der Waals surface area contributed by atoms with Gasteiger partial charge in [-0.15, -0.1) is 0 Å². The smallest absolute Gasteiger partial charge is 0.245 e. The van der Waals surface area contributed by atoms with Crippen molar-refractivity contribution >= 4 is 37.9 Å². The number of H-pyrrole nitrogens is 2. The number of aromatic amines is 2. The van der Waals surface area contributed by atoms with Crippen molar-refractivity contribution in [2.75, 3.05) is 26.2 Å². The number of aromatic nitrogens is 3. The van der Waals surface area contributed by atoms with Crippen LogP contribution in [0.15, 0.2) is 59.9 Å². The van der Waals surface area contributed by atoms with Gasteiger partial charge in [0.05, 0.1) is 0 Å². The van der Waals surface area contributed by atoms with E-state index in [2.05, 4.69) is 21.0 Å². The quantitative estimate of drug-likeness (QED) is 0.471. The third-order valence-electron chi connectivity index (χ3n) is 6.13. The molecule has 1 aromatic carbocycles. The molecule has 1 aliphatic heterocycles. The standard InChI is InChI=1S/C23H25N5O3S/c29-22(9-3-5-17-15-25-20-8-2-1-6-18(17)20)27-11-13-28(14-12-27)32(30,31)21-16-26-23-19(21)7-4-10-24-23/h1-2,4,6-8,10,15-16,25H,3,5,9,11-14H2,(H,24,26). The SMILES string of the molecule is O=C(CCCc1c[nH]c2ccccc12)N1CCN(S(=O)(=O)c2c[nH]c3ncccc23)CC1. The van der Waals surface area contributed by atoms with Crippen molar-refractivity contribution in [1.29, 1.82) is 0 Å². The van der Waals surface area contributed by atoms with Crippen molar-refractivity contribution in [3.8, 4) is 0 Å². The van der Waals surface area contributed by atoms with Gasteiger partial charge < -0.3 is 14.9 Å². The van der Waals surface area contributed by atoms with Gasteiger partial charge in [0, 0.05) is 67.5 Å². The number of hydrogen-bond acceptors (Lipinski definition) is 4. The number of para-hydroxylation sites is 1. The largest absolute Gasteiger partial charge is 0.361 e. The Morgan fingerprint density at radius 1 is 0.969 bits per heavy atom. The van der Waals surface area contributed by atoms with Crippen LogP contribution in [-0.2, 0) is 21.2 Å². The van der Waals surface area contributed by atoms with Gasteiger partial charge in [0.2, 0.25) is 15.9 Å². The first-order valence-corrected chi connectivity index (χ1v) is 12.2. The Bertz CT molecular complexity index is 1370. The summed E-state index contributed by atoms with van der Waals surface area (Å²) in [7, 11) is -3.64. The molecule has 5 rings (SSSR count). The first-order valence-electron chi connectivity index (χ1n) is 10.8. The number of sulfonamides is 1. The Hall–Kier alpha value is -3.17. The number of carbonyl (C=O) groups excluding carboxylic acids is 1. The molecule has 3 aromatic heterocycles. The van der Waals surface area contributed by atoms with Gasteiger partial charge in [-0.25, -0.2) is 13.4 Å². The maximum Gasteiger partial charge on any atom is 0.245 e. The van der Waals surface area contributed by atoms with Gasteiger partial charge in [-0.1, -0.05) is 18.2 Å². The highest BCUT2D eigenvalue weighted by atomic mass is 32.2. The van der Waals surface area contributed by atoms with Crippen LogP contribution in [0.4, 0.5) is 0 Å². The molecule has 166 valence electrons. The van der Waals surface area contributed by atoms with E-state index in [0.717, 1.165) is 18.4 Å². The number of fused-ring (bicyclic) bond motifs is 2. The maximum atomic E-state index is 13.1. The van der Waals surface area contributed by atoms with E-state index in [1.54, 1.807) is 23.2 Å². The number of benzene rings is 1. The molecular weight excluding hydrogens is 426 g/mol. The van der Waals surface area contributed by atoms with Crippen LogP contribution in [-0.4, -0.2) is 64.7 Å². The molecule has 2 N–H and O–H groups in total. The second-order valence-electron chi connectivity index (χ2n) is 8.05. The van der Waals surface area contributed by atoms with Crippen molar-refractivity contribution in [3.63, 3.8) is 0 Å². The van der Waals surface area contributed by atoms with Gasteiger partial charge in [-0.3, -0.25) is 4.79 Å². The summed E-state index contributed by atoms with van der Waals surface area (Å²) in [5.74, 6) is 0.0817. The number of amides is 1. The molecule has 8 nitrogen and oxygen atoms in total. The number of nitrogens with zero attached hydrogens (tertiary/aromatic N) is 3.